The average Bonchev–Trinajstić information content (AvgIpc) is 3.56. The molecule has 3 heterocycles. The number of benzene rings is 8. The Morgan fingerprint density at radius 3 is 1.62 bits per heavy atom. The first-order chi connectivity index (χ1) is 25.8. The van der Waals surface area contributed by atoms with Gasteiger partial charge in [-0.1, -0.05) is 152 Å². The van der Waals surface area contributed by atoms with Crippen LogP contribution in [0, 0.1) is 0 Å². The molecule has 2 aliphatic heterocycles. The zero-order valence-electron chi connectivity index (χ0n) is 28.2. The molecule has 3 nitrogen and oxygen atoms in total. The molecule has 3 heteroatoms. The third-order valence-corrected chi connectivity index (χ3v) is 10.9. The van der Waals surface area contributed by atoms with E-state index in [0.717, 1.165) is 78.7 Å². The Labute approximate surface area is 301 Å². The number of ether oxygens (including phenoxy) is 2. The summed E-state index contributed by atoms with van der Waals surface area (Å²) < 4.78 is 16.5. The van der Waals surface area contributed by atoms with E-state index in [9.17, 15) is 0 Å². The molecular formula is C49H31NO2. The van der Waals surface area contributed by atoms with Crippen LogP contribution < -0.4 is 9.47 Å². The molecule has 0 unspecified atom stereocenters. The van der Waals surface area contributed by atoms with E-state index < -0.39 is 5.41 Å². The molecule has 9 aromatic rings. The molecule has 0 fully saturated rings. The average molecular weight is 666 g/mol. The van der Waals surface area contributed by atoms with Gasteiger partial charge >= 0.3 is 0 Å². The van der Waals surface area contributed by atoms with Gasteiger partial charge in [0.2, 0.25) is 0 Å². The van der Waals surface area contributed by atoms with Crippen molar-refractivity contribution in [2.24, 2.45) is 0 Å². The van der Waals surface area contributed by atoms with Gasteiger partial charge in [-0.25, -0.2) is 0 Å². The predicted molar refractivity (Wildman–Crippen MR) is 210 cm³/mol. The second-order valence-electron chi connectivity index (χ2n) is 13.6. The van der Waals surface area contributed by atoms with Crippen molar-refractivity contribution >= 4 is 21.8 Å². The zero-order chi connectivity index (χ0) is 34.2. The van der Waals surface area contributed by atoms with Gasteiger partial charge < -0.3 is 14.0 Å². The van der Waals surface area contributed by atoms with Crippen LogP contribution in [0.4, 0.5) is 0 Å². The number of hydrogen-bond acceptors (Lipinski definition) is 2. The van der Waals surface area contributed by atoms with Crippen LogP contribution in [0.25, 0.3) is 49.7 Å². The normalized spacial score (nSPS) is 13.5. The van der Waals surface area contributed by atoms with Crippen molar-refractivity contribution in [2.75, 3.05) is 0 Å². The van der Waals surface area contributed by atoms with E-state index in [1.165, 1.54) is 16.3 Å². The SMILES string of the molecule is c1ccc(-c2cccc3c2Oc2c(-c4cccc5c4c4ccccc4n5-c4ccccc4)cccc2C32c3ccccc3Oc3ccccc32)cc1. The van der Waals surface area contributed by atoms with Crippen molar-refractivity contribution in [3.8, 4) is 50.9 Å². The first-order valence-electron chi connectivity index (χ1n) is 17.8. The number of hydrogen-bond donors (Lipinski definition) is 0. The molecule has 0 radical (unpaired) electrons. The summed E-state index contributed by atoms with van der Waals surface area (Å²) in [7, 11) is 0. The fourth-order valence-electron chi connectivity index (χ4n) is 8.86. The first-order valence-corrected chi connectivity index (χ1v) is 17.8. The van der Waals surface area contributed by atoms with Gasteiger partial charge in [-0.15, -0.1) is 0 Å². The van der Waals surface area contributed by atoms with Gasteiger partial charge in [0.25, 0.3) is 0 Å². The molecule has 244 valence electrons. The van der Waals surface area contributed by atoms with Crippen LogP contribution >= 0.6 is 0 Å². The molecule has 52 heavy (non-hydrogen) atoms. The summed E-state index contributed by atoms with van der Waals surface area (Å²) in [5, 5.41) is 2.40. The Kier molecular flexibility index (Phi) is 6.17. The lowest BCUT2D eigenvalue weighted by molar-refractivity contribution is 0.401. The highest BCUT2D eigenvalue weighted by Gasteiger charge is 2.51. The van der Waals surface area contributed by atoms with Crippen molar-refractivity contribution < 1.29 is 9.47 Å². The minimum absolute atomic E-state index is 0.707. The highest BCUT2D eigenvalue weighted by molar-refractivity contribution is 6.16. The van der Waals surface area contributed by atoms with Crippen molar-refractivity contribution in [1.82, 2.24) is 4.57 Å². The minimum Gasteiger partial charge on any atom is -0.457 e. The minimum atomic E-state index is -0.707. The van der Waals surface area contributed by atoms with Gasteiger partial charge in [-0.3, -0.25) is 0 Å². The van der Waals surface area contributed by atoms with Gasteiger partial charge in [-0.05, 0) is 47.5 Å². The molecule has 8 aromatic carbocycles. The van der Waals surface area contributed by atoms with E-state index in [2.05, 4.69) is 193 Å². The number of rotatable bonds is 3. The highest BCUT2D eigenvalue weighted by Crippen LogP contribution is 2.64. The lowest BCUT2D eigenvalue weighted by Gasteiger charge is -2.45. The summed E-state index contributed by atoms with van der Waals surface area (Å²) in [6.07, 6.45) is 0. The van der Waals surface area contributed by atoms with Crippen molar-refractivity contribution in [2.45, 2.75) is 5.41 Å². The lowest BCUT2D eigenvalue weighted by Crippen LogP contribution is -2.37. The maximum absolute atomic E-state index is 7.41. The molecule has 0 saturated heterocycles. The zero-order valence-corrected chi connectivity index (χ0v) is 28.2. The molecule has 11 rings (SSSR count). The molecule has 0 atom stereocenters. The van der Waals surface area contributed by atoms with E-state index in [0.29, 0.717) is 0 Å². The Morgan fingerprint density at radius 1 is 0.365 bits per heavy atom. The highest BCUT2D eigenvalue weighted by atomic mass is 16.5. The molecule has 0 N–H and O–H groups in total. The second-order valence-corrected chi connectivity index (χ2v) is 13.6. The van der Waals surface area contributed by atoms with Crippen LogP contribution in [0.15, 0.2) is 188 Å². The monoisotopic (exact) mass is 665 g/mol. The van der Waals surface area contributed by atoms with Crippen molar-refractivity contribution in [3.05, 3.63) is 210 Å². The molecule has 1 aromatic heterocycles. The van der Waals surface area contributed by atoms with Crippen LogP contribution in [-0.4, -0.2) is 4.57 Å². The molecule has 2 aliphatic rings. The van der Waals surface area contributed by atoms with E-state index in [-0.39, 0.29) is 0 Å². The lowest BCUT2D eigenvalue weighted by atomic mass is 9.61. The maximum Gasteiger partial charge on any atom is 0.140 e. The van der Waals surface area contributed by atoms with E-state index >= 15 is 0 Å². The molecule has 0 amide bonds. The molecule has 0 bridgehead atoms. The standard InChI is InChI=1S/C49H31NO2/c1-3-16-32(17-4-1)34-21-13-26-40-47(34)52-48-36(23-14-27-41(48)49(40)38-24-8-11-30-44(38)51-45-31-12-9-25-39(45)49)35-22-15-29-43-46(35)37-20-7-10-28-42(37)50(43)33-18-5-2-6-19-33/h1-31H. The molecular weight excluding hydrogens is 635 g/mol. The fourth-order valence-corrected chi connectivity index (χ4v) is 8.86. The van der Waals surface area contributed by atoms with E-state index in [4.69, 9.17) is 9.47 Å². The third-order valence-electron chi connectivity index (χ3n) is 10.9. The van der Waals surface area contributed by atoms with Gasteiger partial charge in [-0.2, -0.15) is 0 Å². The summed E-state index contributed by atoms with van der Waals surface area (Å²) in [4.78, 5) is 0. The summed E-state index contributed by atoms with van der Waals surface area (Å²) in [5.41, 5.74) is 11.5. The summed E-state index contributed by atoms with van der Waals surface area (Å²) in [5.74, 6) is 3.42. The number of para-hydroxylation sites is 6. The Morgan fingerprint density at radius 2 is 0.885 bits per heavy atom. The van der Waals surface area contributed by atoms with Crippen LogP contribution in [-0.2, 0) is 5.41 Å². The van der Waals surface area contributed by atoms with Crippen LogP contribution in [0.3, 0.4) is 0 Å². The van der Waals surface area contributed by atoms with Crippen LogP contribution in [0.5, 0.6) is 23.0 Å². The smallest absolute Gasteiger partial charge is 0.140 e. The van der Waals surface area contributed by atoms with Crippen molar-refractivity contribution in [3.63, 3.8) is 0 Å². The molecule has 0 saturated carbocycles. The number of nitrogens with zero attached hydrogens (tertiary/aromatic N) is 1. The Hall–Kier alpha value is -6.84. The summed E-state index contributed by atoms with van der Waals surface area (Å²) in [6.45, 7) is 0. The Bertz CT molecular complexity index is 2810. The fraction of sp³-hybridized carbons (Fsp3) is 0.0204. The van der Waals surface area contributed by atoms with Gasteiger partial charge in [0.05, 0.1) is 16.4 Å². The predicted octanol–water partition coefficient (Wildman–Crippen LogP) is 12.7. The second kappa shape index (κ2) is 11.1. The molecule has 0 aliphatic carbocycles. The van der Waals surface area contributed by atoms with Crippen LogP contribution in [0.1, 0.15) is 22.3 Å². The van der Waals surface area contributed by atoms with Gasteiger partial charge in [0.1, 0.15) is 23.0 Å². The third kappa shape index (κ3) is 3.91. The van der Waals surface area contributed by atoms with Gasteiger partial charge in [0, 0.05) is 49.8 Å². The van der Waals surface area contributed by atoms with Crippen LogP contribution in [0.2, 0.25) is 0 Å². The van der Waals surface area contributed by atoms with Gasteiger partial charge in [0.15, 0.2) is 0 Å². The first kappa shape index (κ1) is 28.9. The quantitative estimate of drug-likeness (QED) is 0.187. The largest absolute Gasteiger partial charge is 0.457 e. The van der Waals surface area contributed by atoms with E-state index in [1.54, 1.807) is 0 Å². The maximum atomic E-state index is 7.41. The molecule has 1 spiro atoms. The van der Waals surface area contributed by atoms with Crippen molar-refractivity contribution in [1.29, 1.82) is 0 Å². The van der Waals surface area contributed by atoms with E-state index in [1.807, 2.05) is 0 Å². The summed E-state index contributed by atoms with van der Waals surface area (Å²) >= 11 is 0. The topological polar surface area (TPSA) is 23.4 Å². The number of fused-ring (bicyclic) bond motifs is 11. The number of aromatic nitrogens is 1. The summed E-state index contributed by atoms with van der Waals surface area (Å²) in [6, 6.07) is 66.8. The Balaban J connectivity index is 1.28.